The van der Waals surface area contributed by atoms with Gasteiger partial charge in [-0.25, -0.2) is 16.8 Å². The first kappa shape index (κ1) is 27.7. The van der Waals surface area contributed by atoms with E-state index in [1.165, 1.54) is 0 Å². The number of nitrogens with zero attached hydrogens (tertiary/aromatic N) is 2. The Kier molecular flexibility index (Phi) is 12.5. The van der Waals surface area contributed by atoms with Crippen molar-refractivity contribution in [3.05, 3.63) is 69.1 Å². The Balaban J connectivity index is 0.000000523. The summed E-state index contributed by atoms with van der Waals surface area (Å²) in [6.45, 7) is 4.55. The van der Waals surface area contributed by atoms with E-state index in [4.69, 9.17) is 11.5 Å². The van der Waals surface area contributed by atoms with Gasteiger partial charge < -0.3 is 20.9 Å². The standard InChI is InChI=1S/2C9H13N2O2S.Ni/c2*1-8-2-4-9(5-3-8)14(12,13)11-7-6-10;/h2*2-5H,6-7,10H2,1H3;/q2*-1;+2. The molecule has 2 aromatic rings. The second kappa shape index (κ2) is 13.1. The molecule has 0 heterocycles. The van der Waals surface area contributed by atoms with Gasteiger partial charge in [-0.05, 0) is 51.2 Å². The fourth-order valence-corrected chi connectivity index (χ4v) is 3.87. The van der Waals surface area contributed by atoms with E-state index in [2.05, 4.69) is 9.44 Å². The molecule has 29 heavy (non-hydrogen) atoms. The molecule has 4 N–H and O–H groups in total. The maximum Gasteiger partial charge on any atom is 2.00 e. The Morgan fingerprint density at radius 2 is 0.931 bits per heavy atom. The molecule has 0 aliphatic heterocycles. The number of hydrogen-bond acceptors (Lipinski definition) is 6. The van der Waals surface area contributed by atoms with Crippen molar-refractivity contribution in [1.29, 1.82) is 0 Å². The number of rotatable bonds is 8. The molecular formula is C18H26N4NiO4S2. The van der Waals surface area contributed by atoms with Crippen molar-refractivity contribution >= 4 is 20.0 Å². The molecule has 0 unspecified atom stereocenters. The molecule has 0 aliphatic rings. The van der Waals surface area contributed by atoms with Crippen LogP contribution in [0.4, 0.5) is 0 Å². The maximum atomic E-state index is 11.5. The molecule has 8 nitrogen and oxygen atoms in total. The largest absolute Gasteiger partial charge is 2.00 e. The van der Waals surface area contributed by atoms with Crippen LogP contribution >= 0.6 is 0 Å². The molecule has 0 amide bonds. The van der Waals surface area contributed by atoms with E-state index in [1.807, 2.05) is 13.8 Å². The Hall–Kier alpha value is -1.33. The number of hydrogen-bond donors (Lipinski definition) is 2. The molecule has 2 aromatic carbocycles. The first-order valence-corrected chi connectivity index (χ1v) is 11.4. The average molecular weight is 485 g/mol. The van der Waals surface area contributed by atoms with E-state index in [0.717, 1.165) is 11.1 Å². The third kappa shape index (κ3) is 9.82. The zero-order valence-corrected chi connectivity index (χ0v) is 18.9. The van der Waals surface area contributed by atoms with Crippen LogP contribution in [0.25, 0.3) is 9.44 Å². The van der Waals surface area contributed by atoms with Crippen molar-refractivity contribution in [3.63, 3.8) is 0 Å². The summed E-state index contributed by atoms with van der Waals surface area (Å²) < 4.78 is 53.0. The Morgan fingerprint density at radius 1 is 0.655 bits per heavy atom. The predicted molar refractivity (Wildman–Crippen MR) is 111 cm³/mol. The SMILES string of the molecule is Cc1ccc(S(=O)(=O)[N-]CCN)cc1.Cc1ccc(S(=O)(=O)[N-]CCN)cc1.[Ni+2]. The molecule has 2 rings (SSSR count). The van der Waals surface area contributed by atoms with Gasteiger partial charge in [0, 0.05) is 9.79 Å². The van der Waals surface area contributed by atoms with Gasteiger partial charge in [0.05, 0.1) is 0 Å². The van der Waals surface area contributed by atoms with Crippen LogP contribution in [-0.4, -0.2) is 43.0 Å². The van der Waals surface area contributed by atoms with Crippen LogP contribution in [-0.2, 0) is 36.5 Å². The predicted octanol–water partition coefficient (Wildman–Crippen LogP) is 2.03. The first-order chi connectivity index (χ1) is 13.1. The van der Waals surface area contributed by atoms with Crippen LogP contribution in [0.5, 0.6) is 0 Å². The van der Waals surface area contributed by atoms with Crippen molar-refractivity contribution < 1.29 is 33.3 Å². The fourth-order valence-electron chi connectivity index (χ4n) is 1.92. The molecule has 0 aliphatic carbocycles. The summed E-state index contributed by atoms with van der Waals surface area (Å²) in [4.78, 5) is 0.438. The Morgan fingerprint density at radius 3 is 1.17 bits per heavy atom. The van der Waals surface area contributed by atoms with Gasteiger partial charge in [0.15, 0.2) is 0 Å². The fraction of sp³-hybridized carbons (Fsp3) is 0.333. The molecule has 0 radical (unpaired) electrons. The van der Waals surface area contributed by atoms with Crippen LogP contribution in [0.1, 0.15) is 11.1 Å². The van der Waals surface area contributed by atoms with Gasteiger partial charge in [0.1, 0.15) is 20.0 Å². The minimum atomic E-state index is -3.49. The molecule has 0 saturated carbocycles. The molecule has 11 heteroatoms. The first-order valence-electron chi connectivity index (χ1n) is 8.53. The molecule has 0 atom stereocenters. The van der Waals surface area contributed by atoms with Gasteiger partial charge in [-0.3, -0.25) is 0 Å². The third-order valence-corrected chi connectivity index (χ3v) is 6.20. The second-order valence-corrected chi connectivity index (χ2v) is 9.22. The number of sulfonamides is 2. The number of benzene rings is 2. The monoisotopic (exact) mass is 484 g/mol. The molecule has 0 fully saturated rings. The van der Waals surface area contributed by atoms with E-state index in [0.29, 0.717) is 0 Å². The zero-order chi connectivity index (χ0) is 21.2. The van der Waals surface area contributed by atoms with E-state index >= 15 is 0 Å². The number of nitrogens with two attached hydrogens (primary N) is 2. The smallest absolute Gasteiger partial charge is 0.544 e. The van der Waals surface area contributed by atoms with Gasteiger partial charge in [-0.1, -0.05) is 35.4 Å². The third-order valence-electron chi connectivity index (χ3n) is 3.42. The van der Waals surface area contributed by atoms with E-state index < -0.39 is 20.0 Å². The quantitative estimate of drug-likeness (QED) is 0.547. The number of aryl methyl sites for hydroxylation is 2. The van der Waals surface area contributed by atoms with Crippen molar-refractivity contribution in [2.45, 2.75) is 23.6 Å². The summed E-state index contributed by atoms with van der Waals surface area (Å²) in [5.74, 6) is 0. The van der Waals surface area contributed by atoms with Gasteiger partial charge >= 0.3 is 16.5 Å². The van der Waals surface area contributed by atoms with Crippen molar-refractivity contribution in [2.75, 3.05) is 26.2 Å². The van der Waals surface area contributed by atoms with Crippen LogP contribution in [0.3, 0.4) is 0 Å². The van der Waals surface area contributed by atoms with Crippen LogP contribution in [0.15, 0.2) is 58.3 Å². The van der Waals surface area contributed by atoms with E-state index in [-0.39, 0.29) is 52.5 Å². The van der Waals surface area contributed by atoms with Crippen LogP contribution in [0.2, 0.25) is 0 Å². The molecule has 0 aromatic heterocycles. The second-order valence-electron chi connectivity index (χ2n) is 5.86. The average Bonchev–Trinajstić information content (AvgIpc) is 2.66. The molecule has 0 saturated heterocycles. The van der Waals surface area contributed by atoms with Crippen molar-refractivity contribution in [1.82, 2.24) is 0 Å². The Bertz CT molecular complexity index is 853. The van der Waals surface area contributed by atoms with Crippen LogP contribution < -0.4 is 11.5 Å². The summed E-state index contributed by atoms with van der Waals surface area (Å²) in [6, 6.07) is 13.1. The topological polar surface area (TPSA) is 149 Å². The molecule has 0 spiro atoms. The summed E-state index contributed by atoms with van der Waals surface area (Å²) >= 11 is 0. The maximum absolute atomic E-state index is 11.5. The summed E-state index contributed by atoms with van der Waals surface area (Å²) in [5.41, 5.74) is 12.4. The normalized spacial score (nSPS) is 11.2. The summed E-state index contributed by atoms with van der Waals surface area (Å²) in [6.07, 6.45) is 0. The molecular weight excluding hydrogens is 459 g/mol. The minimum Gasteiger partial charge on any atom is -0.544 e. The summed E-state index contributed by atoms with van der Waals surface area (Å²) in [7, 11) is -6.99. The van der Waals surface area contributed by atoms with Crippen LogP contribution in [0, 0.1) is 13.8 Å². The van der Waals surface area contributed by atoms with Gasteiger partial charge in [-0.2, -0.15) is 0 Å². The Labute approximate surface area is 183 Å². The van der Waals surface area contributed by atoms with Crippen molar-refractivity contribution in [2.24, 2.45) is 11.5 Å². The zero-order valence-electron chi connectivity index (χ0n) is 16.3. The minimum absolute atomic E-state index is 0. The molecule has 164 valence electrons. The van der Waals surface area contributed by atoms with E-state index in [1.54, 1.807) is 48.5 Å². The summed E-state index contributed by atoms with van der Waals surface area (Å²) in [5, 5.41) is 0. The van der Waals surface area contributed by atoms with Crippen molar-refractivity contribution in [3.8, 4) is 0 Å². The van der Waals surface area contributed by atoms with Gasteiger partial charge in [-0.15, -0.1) is 13.1 Å². The van der Waals surface area contributed by atoms with Gasteiger partial charge in [0.2, 0.25) is 0 Å². The molecule has 0 bridgehead atoms. The van der Waals surface area contributed by atoms with E-state index in [9.17, 15) is 16.8 Å². The van der Waals surface area contributed by atoms with Gasteiger partial charge in [0.25, 0.3) is 0 Å².